The number of hydrogen-bond donors (Lipinski definition) is 1. The lowest BCUT2D eigenvalue weighted by atomic mass is 9.89. The van der Waals surface area contributed by atoms with Gasteiger partial charge < -0.3 is 10.6 Å². The van der Waals surface area contributed by atoms with Crippen molar-refractivity contribution in [3.8, 4) is 0 Å². The molecule has 0 saturated carbocycles. The number of hydrogen-bond acceptors (Lipinski definition) is 3. The predicted octanol–water partition coefficient (Wildman–Crippen LogP) is 3.31. The van der Waals surface area contributed by atoms with Crippen molar-refractivity contribution >= 4 is 28.5 Å². The monoisotopic (exact) mass is 284 g/mol. The normalized spacial score (nSPS) is 13.8. The molecule has 4 heteroatoms. The Balaban J connectivity index is 2.40. The third-order valence-corrected chi connectivity index (χ3v) is 5.04. The van der Waals surface area contributed by atoms with Crippen molar-refractivity contribution in [2.24, 2.45) is 11.1 Å². The first kappa shape index (κ1) is 15.6. The molecule has 0 amide bonds. The molecular weight excluding hydrogens is 260 g/mol. The summed E-state index contributed by atoms with van der Waals surface area (Å²) in [6.07, 6.45) is 2.12. The van der Waals surface area contributed by atoms with Gasteiger partial charge in [-0.15, -0.1) is 11.3 Å². The van der Waals surface area contributed by atoms with Crippen LogP contribution in [0.5, 0.6) is 0 Å². The first-order valence-electron chi connectivity index (χ1n) is 6.35. The maximum atomic E-state index is 5.76. The highest BCUT2D eigenvalue weighted by Gasteiger charge is 2.22. The Labute approximate surface area is 120 Å². The molecular formula is C14H24N2S2. The van der Waals surface area contributed by atoms with E-state index in [2.05, 4.69) is 50.2 Å². The molecule has 102 valence electrons. The second-order valence-corrected chi connectivity index (χ2v) is 7.08. The molecule has 0 saturated heterocycles. The summed E-state index contributed by atoms with van der Waals surface area (Å²) in [5, 5.41) is 2.14. The SMILES string of the molecule is CC(Cc1cccs1)N(C)CCC(C)(C)C(N)=S. The Morgan fingerprint density at radius 2 is 2.22 bits per heavy atom. The van der Waals surface area contributed by atoms with E-state index >= 15 is 0 Å². The van der Waals surface area contributed by atoms with E-state index in [1.165, 1.54) is 4.88 Å². The zero-order valence-electron chi connectivity index (χ0n) is 11.8. The highest BCUT2D eigenvalue weighted by Crippen LogP contribution is 2.22. The molecule has 0 aliphatic heterocycles. The standard InChI is InChI=1S/C14H24N2S2/c1-11(10-12-6-5-9-18-12)16(4)8-7-14(2,3)13(15)17/h5-6,9,11H,7-8,10H2,1-4H3,(H2,15,17). The van der Waals surface area contributed by atoms with Crippen LogP contribution in [0, 0.1) is 5.41 Å². The fourth-order valence-electron chi connectivity index (χ4n) is 1.68. The third-order valence-electron chi connectivity index (χ3n) is 3.59. The second-order valence-electron chi connectivity index (χ2n) is 5.61. The molecule has 0 bridgehead atoms. The molecule has 18 heavy (non-hydrogen) atoms. The number of thiocarbonyl (C=S) groups is 1. The van der Waals surface area contributed by atoms with Crippen LogP contribution < -0.4 is 5.73 Å². The zero-order chi connectivity index (χ0) is 13.8. The average molecular weight is 284 g/mol. The summed E-state index contributed by atoms with van der Waals surface area (Å²) in [4.78, 5) is 4.45. The first-order valence-corrected chi connectivity index (χ1v) is 7.64. The lowest BCUT2D eigenvalue weighted by Gasteiger charge is -2.29. The minimum atomic E-state index is -0.0494. The van der Waals surface area contributed by atoms with E-state index in [0.717, 1.165) is 19.4 Å². The van der Waals surface area contributed by atoms with Gasteiger partial charge in [0.05, 0.1) is 4.99 Å². The van der Waals surface area contributed by atoms with Gasteiger partial charge in [-0.05, 0) is 44.8 Å². The summed E-state index contributed by atoms with van der Waals surface area (Å²) in [6, 6.07) is 4.86. The van der Waals surface area contributed by atoms with Gasteiger partial charge in [0.1, 0.15) is 0 Å². The summed E-state index contributed by atoms with van der Waals surface area (Å²) in [7, 11) is 2.17. The van der Waals surface area contributed by atoms with E-state index in [4.69, 9.17) is 18.0 Å². The average Bonchev–Trinajstić information content (AvgIpc) is 2.78. The Morgan fingerprint density at radius 1 is 1.56 bits per heavy atom. The molecule has 2 nitrogen and oxygen atoms in total. The van der Waals surface area contributed by atoms with Gasteiger partial charge in [-0.3, -0.25) is 0 Å². The van der Waals surface area contributed by atoms with Gasteiger partial charge in [0.15, 0.2) is 0 Å². The summed E-state index contributed by atoms with van der Waals surface area (Å²) in [5.41, 5.74) is 5.71. The summed E-state index contributed by atoms with van der Waals surface area (Å²) in [5.74, 6) is 0. The molecule has 1 rings (SSSR count). The lowest BCUT2D eigenvalue weighted by Crippen LogP contribution is -2.37. The predicted molar refractivity (Wildman–Crippen MR) is 85.3 cm³/mol. The Kier molecular flexibility index (Phi) is 5.76. The van der Waals surface area contributed by atoms with Crippen LogP contribution in [0.4, 0.5) is 0 Å². The number of thiophene rings is 1. The fraction of sp³-hybridized carbons (Fsp3) is 0.643. The van der Waals surface area contributed by atoms with Gasteiger partial charge in [-0.25, -0.2) is 0 Å². The maximum Gasteiger partial charge on any atom is 0.0784 e. The van der Waals surface area contributed by atoms with E-state index < -0.39 is 0 Å². The molecule has 0 aliphatic rings. The van der Waals surface area contributed by atoms with Gasteiger partial charge in [0.25, 0.3) is 0 Å². The van der Waals surface area contributed by atoms with Crippen LogP contribution in [-0.4, -0.2) is 29.5 Å². The van der Waals surface area contributed by atoms with Crippen molar-refractivity contribution in [3.63, 3.8) is 0 Å². The molecule has 1 aromatic rings. The smallest absolute Gasteiger partial charge is 0.0784 e. The van der Waals surface area contributed by atoms with E-state index in [1.807, 2.05) is 11.3 Å². The van der Waals surface area contributed by atoms with Gasteiger partial charge in [-0.2, -0.15) is 0 Å². The number of nitrogens with two attached hydrogens (primary N) is 1. The van der Waals surface area contributed by atoms with Crippen LogP contribution in [0.25, 0.3) is 0 Å². The molecule has 0 fully saturated rings. The van der Waals surface area contributed by atoms with Crippen molar-refractivity contribution < 1.29 is 0 Å². The van der Waals surface area contributed by atoms with Crippen LogP contribution >= 0.6 is 23.6 Å². The Hall–Kier alpha value is -0.450. The molecule has 1 heterocycles. The molecule has 1 aromatic heterocycles. The second kappa shape index (κ2) is 6.64. The number of nitrogens with zero attached hydrogens (tertiary/aromatic N) is 1. The van der Waals surface area contributed by atoms with Gasteiger partial charge in [0.2, 0.25) is 0 Å². The molecule has 0 aromatic carbocycles. The van der Waals surface area contributed by atoms with Crippen LogP contribution in [0.3, 0.4) is 0 Å². The molecule has 2 N–H and O–H groups in total. The minimum Gasteiger partial charge on any atom is -0.393 e. The Bertz CT molecular complexity index is 371. The molecule has 1 unspecified atom stereocenters. The summed E-state index contributed by atoms with van der Waals surface area (Å²) in [6.45, 7) is 7.53. The van der Waals surface area contributed by atoms with Crippen molar-refractivity contribution in [1.82, 2.24) is 4.90 Å². The number of likely N-dealkylation sites (N-methyl/N-ethyl adjacent to an activating group) is 1. The van der Waals surface area contributed by atoms with Crippen molar-refractivity contribution in [2.45, 2.75) is 39.7 Å². The van der Waals surface area contributed by atoms with E-state index in [1.54, 1.807) is 0 Å². The first-order chi connectivity index (χ1) is 8.33. The highest BCUT2D eigenvalue weighted by atomic mass is 32.1. The van der Waals surface area contributed by atoms with Crippen LogP contribution in [-0.2, 0) is 6.42 Å². The van der Waals surface area contributed by atoms with E-state index in [0.29, 0.717) is 11.0 Å². The number of rotatable bonds is 7. The van der Waals surface area contributed by atoms with Gasteiger partial charge in [0, 0.05) is 16.3 Å². The summed E-state index contributed by atoms with van der Waals surface area (Å²) >= 11 is 6.93. The maximum absolute atomic E-state index is 5.76. The lowest BCUT2D eigenvalue weighted by molar-refractivity contribution is 0.232. The Morgan fingerprint density at radius 3 is 2.72 bits per heavy atom. The molecule has 0 aliphatic carbocycles. The third kappa shape index (κ3) is 4.67. The van der Waals surface area contributed by atoms with Crippen LogP contribution in [0.2, 0.25) is 0 Å². The van der Waals surface area contributed by atoms with Gasteiger partial charge in [-0.1, -0.05) is 32.1 Å². The molecule has 1 atom stereocenters. The molecule has 0 radical (unpaired) electrons. The summed E-state index contributed by atoms with van der Waals surface area (Å²) < 4.78 is 0. The zero-order valence-corrected chi connectivity index (χ0v) is 13.4. The fourth-order valence-corrected chi connectivity index (χ4v) is 2.60. The molecule has 0 spiro atoms. The van der Waals surface area contributed by atoms with Crippen LogP contribution in [0.1, 0.15) is 32.1 Å². The van der Waals surface area contributed by atoms with E-state index in [9.17, 15) is 0 Å². The van der Waals surface area contributed by atoms with Crippen molar-refractivity contribution in [3.05, 3.63) is 22.4 Å². The minimum absolute atomic E-state index is 0.0494. The topological polar surface area (TPSA) is 29.3 Å². The van der Waals surface area contributed by atoms with E-state index in [-0.39, 0.29) is 5.41 Å². The quantitative estimate of drug-likeness (QED) is 0.779. The van der Waals surface area contributed by atoms with Crippen molar-refractivity contribution in [2.75, 3.05) is 13.6 Å². The highest BCUT2D eigenvalue weighted by molar-refractivity contribution is 7.80. The van der Waals surface area contributed by atoms with Gasteiger partial charge >= 0.3 is 0 Å². The van der Waals surface area contributed by atoms with Crippen molar-refractivity contribution in [1.29, 1.82) is 0 Å². The van der Waals surface area contributed by atoms with Crippen LogP contribution in [0.15, 0.2) is 17.5 Å². The largest absolute Gasteiger partial charge is 0.393 e.